The second kappa shape index (κ2) is 7.74. The van der Waals surface area contributed by atoms with Crippen molar-refractivity contribution < 1.29 is 23.8 Å². The molecule has 0 bridgehead atoms. The first kappa shape index (κ1) is 20.4. The Hall–Kier alpha value is -1.90. The molecule has 4 rings (SSSR count). The molecule has 2 fully saturated rings. The molecule has 0 saturated carbocycles. The summed E-state index contributed by atoms with van der Waals surface area (Å²) >= 11 is 1.64. The van der Waals surface area contributed by atoms with Crippen LogP contribution in [0.5, 0.6) is 0 Å². The minimum Gasteiger partial charge on any atom is -0.464 e. The second-order valence-corrected chi connectivity index (χ2v) is 9.36. The topological polar surface area (TPSA) is 70.1 Å². The molecule has 156 valence electrons. The summed E-state index contributed by atoms with van der Waals surface area (Å²) in [5, 5.41) is 10.3. The predicted octanol–water partition coefficient (Wildman–Crippen LogP) is 1.99. The van der Waals surface area contributed by atoms with E-state index in [9.17, 15) is 19.1 Å². The molecule has 1 aromatic rings. The number of carbonyl (C=O) groups excluding carboxylic acids is 2. The normalized spacial score (nSPS) is 28.1. The minimum atomic E-state index is -0.746. The summed E-state index contributed by atoms with van der Waals surface area (Å²) in [6, 6.07) is 6.33. The Bertz CT molecular complexity index is 851. The van der Waals surface area contributed by atoms with Gasteiger partial charge in [0.25, 0.3) is 0 Å². The number of benzene rings is 1. The average molecular weight is 421 g/mol. The zero-order chi connectivity index (χ0) is 20.9. The van der Waals surface area contributed by atoms with Gasteiger partial charge in [0.15, 0.2) is 0 Å². The van der Waals surface area contributed by atoms with E-state index in [1.807, 2.05) is 6.92 Å². The summed E-state index contributed by atoms with van der Waals surface area (Å²) in [7, 11) is 1.32. The van der Waals surface area contributed by atoms with Crippen LogP contribution in [0.25, 0.3) is 0 Å². The van der Waals surface area contributed by atoms with E-state index in [0.717, 1.165) is 30.1 Å². The summed E-state index contributed by atoms with van der Waals surface area (Å²) in [5.74, 6) is -1.43. The highest BCUT2D eigenvalue weighted by atomic mass is 32.2. The number of ether oxygens (including phenoxy) is 1. The number of aliphatic hydroxyl groups excluding tert-OH is 1. The standard InChI is InChI=1S/C21H25FN2O4S/c1-11-17-16(12(2)25)20(26)24(17)18(21(27)28-3)19(11)29-15-9-23(10-15)8-13-4-6-14(22)7-5-13/h4-7,11-12,15-17,25H,8-10H2,1-3H3/t11-,12-,16-,17-/m1/s1. The second-order valence-electron chi connectivity index (χ2n) is 8.02. The van der Waals surface area contributed by atoms with E-state index in [1.54, 1.807) is 30.8 Å². The van der Waals surface area contributed by atoms with Crippen LogP contribution in [-0.2, 0) is 20.9 Å². The highest BCUT2D eigenvalue weighted by Crippen LogP contribution is 2.52. The van der Waals surface area contributed by atoms with E-state index in [2.05, 4.69) is 4.90 Å². The van der Waals surface area contributed by atoms with Gasteiger partial charge in [-0.25, -0.2) is 9.18 Å². The van der Waals surface area contributed by atoms with Crippen molar-refractivity contribution in [2.24, 2.45) is 11.8 Å². The maximum Gasteiger partial charge on any atom is 0.355 e. The van der Waals surface area contributed by atoms with Gasteiger partial charge in [-0.15, -0.1) is 11.8 Å². The summed E-state index contributed by atoms with van der Waals surface area (Å²) in [5.41, 5.74) is 1.40. The summed E-state index contributed by atoms with van der Waals surface area (Å²) < 4.78 is 18.0. The third kappa shape index (κ3) is 3.47. The summed E-state index contributed by atoms with van der Waals surface area (Å²) in [4.78, 5) is 29.6. The number of methoxy groups -OCH3 is 1. The third-order valence-corrected chi connectivity index (χ3v) is 7.47. The number of hydrogen-bond acceptors (Lipinski definition) is 6. The number of likely N-dealkylation sites (tertiary alicyclic amines) is 1. The van der Waals surface area contributed by atoms with Crippen LogP contribution in [0, 0.1) is 17.7 Å². The van der Waals surface area contributed by atoms with Crippen LogP contribution in [0.1, 0.15) is 19.4 Å². The predicted molar refractivity (Wildman–Crippen MR) is 107 cm³/mol. The Balaban J connectivity index is 1.43. The summed E-state index contributed by atoms with van der Waals surface area (Å²) in [6.07, 6.45) is -0.746. The number of amides is 1. The van der Waals surface area contributed by atoms with E-state index in [1.165, 1.54) is 24.1 Å². The number of carbonyl (C=O) groups is 2. The first-order chi connectivity index (χ1) is 13.8. The van der Waals surface area contributed by atoms with Gasteiger partial charge < -0.3 is 14.7 Å². The molecule has 1 aromatic carbocycles. The fraction of sp³-hybridized carbons (Fsp3) is 0.524. The number of β-lactam (4-membered cyclic amide) rings is 1. The van der Waals surface area contributed by atoms with Crippen molar-refractivity contribution in [3.05, 3.63) is 46.2 Å². The van der Waals surface area contributed by atoms with Crippen molar-refractivity contribution in [1.29, 1.82) is 0 Å². The van der Waals surface area contributed by atoms with Crippen LogP contribution in [0.4, 0.5) is 4.39 Å². The number of thioether (sulfide) groups is 1. The van der Waals surface area contributed by atoms with Crippen LogP contribution in [0.3, 0.4) is 0 Å². The summed E-state index contributed by atoms with van der Waals surface area (Å²) in [6.45, 7) is 6.09. The minimum absolute atomic E-state index is 0.0162. The lowest BCUT2D eigenvalue weighted by atomic mass is 9.79. The van der Waals surface area contributed by atoms with Crippen molar-refractivity contribution in [3.8, 4) is 0 Å². The monoisotopic (exact) mass is 420 g/mol. The fourth-order valence-corrected chi connectivity index (χ4v) is 6.10. The Kier molecular flexibility index (Phi) is 5.44. The molecule has 8 heteroatoms. The molecule has 3 aliphatic heterocycles. The van der Waals surface area contributed by atoms with Crippen LogP contribution in [0.2, 0.25) is 0 Å². The van der Waals surface area contributed by atoms with Gasteiger partial charge in [-0.1, -0.05) is 19.1 Å². The smallest absolute Gasteiger partial charge is 0.355 e. The Morgan fingerprint density at radius 2 is 2.00 bits per heavy atom. The fourth-order valence-electron chi connectivity index (χ4n) is 4.52. The first-order valence-corrected chi connectivity index (χ1v) is 10.7. The molecular weight excluding hydrogens is 395 g/mol. The van der Waals surface area contributed by atoms with E-state index in [4.69, 9.17) is 4.74 Å². The van der Waals surface area contributed by atoms with Gasteiger partial charge >= 0.3 is 5.97 Å². The number of nitrogens with zero attached hydrogens (tertiary/aromatic N) is 2. The van der Waals surface area contributed by atoms with Gasteiger partial charge in [-0.3, -0.25) is 9.69 Å². The lowest BCUT2D eigenvalue weighted by Gasteiger charge is -2.46. The van der Waals surface area contributed by atoms with Gasteiger partial charge in [0, 0.05) is 35.7 Å². The molecule has 3 heterocycles. The molecule has 29 heavy (non-hydrogen) atoms. The Morgan fingerprint density at radius 3 is 2.59 bits per heavy atom. The number of esters is 1. The van der Waals surface area contributed by atoms with Gasteiger partial charge in [-0.05, 0) is 24.6 Å². The molecular formula is C21H25FN2O4S. The highest BCUT2D eigenvalue weighted by molar-refractivity contribution is 8.03. The lowest BCUT2D eigenvalue weighted by Crippen LogP contribution is -2.63. The quantitative estimate of drug-likeness (QED) is 0.561. The Labute approximate surface area is 173 Å². The third-order valence-electron chi connectivity index (χ3n) is 6.02. The van der Waals surface area contributed by atoms with Gasteiger partial charge in [-0.2, -0.15) is 0 Å². The molecule has 2 saturated heterocycles. The maximum atomic E-state index is 13.0. The molecule has 4 atom stereocenters. The zero-order valence-electron chi connectivity index (χ0n) is 16.7. The largest absolute Gasteiger partial charge is 0.464 e. The number of hydrogen-bond donors (Lipinski definition) is 1. The molecule has 3 aliphatic rings. The van der Waals surface area contributed by atoms with Crippen LogP contribution >= 0.6 is 11.8 Å². The van der Waals surface area contributed by atoms with Gasteiger partial charge in [0.2, 0.25) is 5.91 Å². The van der Waals surface area contributed by atoms with E-state index in [0.29, 0.717) is 10.9 Å². The molecule has 6 nitrogen and oxygen atoms in total. The van der Waals surface area contributed by atoms with E-state index in [-0.39, 0.29) is 23.7 Å². The molecule has 0 radical (unpaired) electrons. The first-order valence-electron chi connectivity index (χ1n) is 9.79. The van der Waals surface area contributed by atoms with Crippen LogP contribution in [-0.4, -0.2) is 64.4 Å². The van der Waals surface area contributed by atoms with Crippen LogP contribution in [0.15, 0.2) is 34.9 Å². The number of rotatable bonds is 6. The lowest BCUT2D eigenvalue weighted by molar-refractivity contribution is -0.163. The molecule has 1 amide bonds. The van der Waals surface area contributed by atoms with Gasteiger partial charge in [0.05, 0.1) is 25.2 Å². The molecule has 1 N–H and O–H groups in total. The number of fused-ring (bicyclic) bond motifs is 1. The highest BCUT2D eigenvalue weighted by Gasteiger charge is 2.60. The van der Waals surface area contributed by atoms with E-state index < -0.39 is 18.0 Å². The molecule has 0 unspecified atom stereocenters. The molecule has 0 aliphatic carbocycles. The van der Waals surface area contributed by atoms with Crippen molar-refractivity contribution in [2.75, 3.05) is 20.2 Å². The molecule has 0 aromatic heterocycles. The van der Waals surface area contributed by atoms with Crippen molar-refractivity contribution >= 4 is 23.6 Å². The van der Waals surface area contributed by atoms with Crippen LogP contribution < -0.4 is 0 Å². The van der Waals surface area contributed by atoms with E-state index >= 15 is 0 Å². The Morgan fingerprint density at radius 1 is 1.34 bits per heavy atom. The number of halogens is 1. The number of aliphatic hydroxyl groups is 1. The van der Waals surface area contributed by atoms with Crippen molar-refractivity contribution in [2.45, 2.75) is 37.8 Å². The average Bonchev–Trinajstić information content (AvgIpc) is 2.89. The maximum absolute atomic E-state index is 13.0. The van der Waals surface area contributed by atoms with Crippen molar-refractivity contribution in [3.63, 3.8) is 0 Å². The zero-order valence-corrected chi connectivity index (χ0v) is 17.5. The van der Waals surface area contributed by atoms with Gasteiger partial charge in [0.1, 0.15) is 11.5 Å². The molecule has 0 spiro atoms. The SMILES string of the molecule is COC(=O)C1=C(SC2CN(Cc3ccc(F)cc3)C2)[C@H](C)[C@@H]2[C@@H]([C@@H](C)O)C(=O)N12. The van der Waals surface area contributed by atoms with Crippen molar-refractivity contribution in [1.82, 2.24) is 9.80 Å².